The monoisotopic (exact) mass is 292 g/mol. The lowest BCUT2D eigenvalue weighted by Gasteiger charge is -2.30. The summed E-state index contributed by atoms with van der Waals surface area (Å²) in [6.45, 7) is 2.45. The summed E-state index contributed by atoms with van der Waals surface area (Å²) in [5.41, 5.74) is 5.67. The molecule has 1 fully saturated rings. The van der Waals surface area contributed by atoms with Gasteiger partial charge in [-0.05, 0) is 32.2 Å². The van der Waals surface area contributed by atoms with Gasteiger partial charge in [0, 0.05) is 6.04 Å². The van der Waals surface area contributed by atoms with E-state index in [0.29, 0.717) is 6.54 Å². The smallest absolute Gasteiger partial charge is 0.306 e. The Morgan fingerprint density at radius 3 is 2.68 bits per heavy atom. The second-order valence-corrected chi connectivity index (χ2v) is 6.75. The highest BCUT2D eigenvalue weighted by Crippen LogP contribution is 2.24. The summed E-state index contributed by atoms with van der Waals surface area (Å²) in [5.74, 6) is -0.502. The number of rotatable bonds is 7. The van der Waals surface area contributed by atoms with Crippen LogP contribution >= 0.6 is 0 Å². The van der Waals surface area contributed by atoms with Gasteiger partial charge >= 0.3 is 5.97 Å². The molecular formula is C12H24N2O4S. The average Bonchev–Trinajstić information content (AvgIpc) is 2.37. The van der Waals surface area contributed by atoms with E-state index in [1.165, 1.54) is 0 Å². The molecule has 0 amide bonds. The Labute approximate surface area is 115 Å². The van der Waals surface area contributed by atoms with Crippen LogP contribution < -0.4 is 10.5 Å². The van der Waals surface area contributed by atoms with E-state index in [1.54, 1.807) is 6.92 Å². The first-order valence-corrected chi connectivity index (χ1v) is 8.49. The Morgan fingerprint density at radius 1 is 1.37 bits per heavy atom. The summed E-state index contributed by atoms with van der Waals surface area (Å²) in [7, 11) is -3.44. The standard InChI is InChI=1S/C12H24N2O4S/c1-2-18-12(15)7-8-19(16,17)14-11-6-4-3-5-10(11)9-13/h10-11,14H,2-9,13H2,1H3. The lowest BCUT2D eigenvalue weighted by Crippen LogP contribution is -2.45. The molecule has 112 valence electrons. The number of hydrogen-bond donors (Lipinski definition) is 2. The van der Waals surface area contributed by atoms with Crippen LogP contribution in [-0.2, 0) is 19.6 Å². The fraction of sp³-hybridized carbons (Fsp3) is 0.917. The van der Waals surface area contributed by atoms with Crippen LogP contribution in [0.5, 0.6) is 0 Å². The predicted octanol–water partition coefficient (Wildman–Crippen LogP) is 0.377. The molecule has 2 unspecified atom stereocenters. The molecule has 7 heteroatoms. The molecule has 0 aromatic rings. The van der Waals surface area contributed by atoms with Crippen LogP contribution in [0.15, 0.2) is 0 Å². The fourth-order valence-corrected chi connectivity index (χ4v) is 3.71. The largest absolute Gasteiger partial charge is 0.466 e. The van der Waals surface area contributed by atoms with Gasteiger partial charge in [0.05, 0.1) is 18.8 Å². The van der Waals surface area contributed by atoms with Crippen molar-refractivity contribution in [1.82, 2.24) is 4.72 Å². The van der Waals surface area contributed by atoms with Gasteiger partial charge in [-0.3, -0.25) is 4.79 Å². The summed E-state index contributed by atoms with van der Waals surface area (Å²) in [5, 5.41) is 0. The third-order valence-corrected chi connectivity index (χ3v) is 4.83. The van der Waals surface area contributed by atoms with Gasteiger partial charge in [0.2, 0.25) is 10.0 Å². The molecule has 0 radical (unpaired) electrons. The topological polar surface area (TPSA) is 98.5 Å². The Kier molecular flexibility index (Phi) is 6.74. The lowest BCUT2D eigenvalue weighted by atomic mass is 9.85. The third-order valence-electron chi connectivity index (χ3n) is 3.42. The summed E-state index contributed by atoms with van der Waals surface area (Å²) in [6.07, 6.45) is 3.79. The number of ether oxygens (including phenoxy) is 1. The number of hydrogen-bond acceptors (Lipinski definition) is 5. The molecule has 0 heterocycles. The number of nitrogens with two attached hydrogens (primary N) is 1. The zero-order chi connectivity index (χ0) is 14.3. The summed E-state index contributed by atoms with van der Waals surface area (Å²) in [4.78, 5) is 11.2. The van der Waals surface area contributed by atoms with Gasteiger partial charge < -0.3 is 10.5 Å². The van der Waals surface area contributed by atoms with E-state index in [0.717, 1.165) is 25.7 Å². The molecule has 0 aromatic heterocycles. The number of esters is 1. The molecule has 0 aliphatic heterocycles. The van der Waals surface area contributed by atoms with Gasteiger partial charge in [-0.25, -0.2) is 13.1 Å². The first-order valence-electron chi connectivity index (χ1n) is 6.84. The van der Waals surface area contributed by atoms with E-state index in [2.05, 4.69) is 4.72 Å². The zero-order valence-electron chi connectivity index (χ0n) is 11.4. The van der Waals surface area contributed by atoms with Crippen molar-refractivity contribution < 1.29 is 17.9 Å². The molecule has 1 saturated carbocycles. The Hall–Kier alpha value is -0.660. The first kappa shape index (κ1) is 16.4. The van der Waals surface area contributed by atoms with Gasteiger partial charge in [0.15, 0.2) is 0 Å². The van der Waals surface area contributed by atoms with Crippen molar-refractivity contribution >= 4 is 16.0 Å². The van der Waals surface area contributed by atoms with Crippen LogP contribution in [0.1, 0.15) is 39.0 Å². The van der Waals surface area contributed by atoms with Crippen molar-refractivity contribution in [3.05, 3.63) is 0 Å². The maximum atomic E-state index is 11.9. The number of sulfonamides is 1. The quantitative estimate of drug-likeness (QED) is 0.661. The van der Waals surface area contributed by atoms with Gasteiger partial charge in [-0.2, -0.15) is 0 Å². The van der Waals surface area contributed by atoms with Crippen molar-refractivity contribution in [3.8, 4) is 0 Å². The highest BCUT2D eigenvalue weighted by molar-refractivity contribution is 7.89. The van der Waals surface area contributed by atoms with Gasteiger partial charge in [-0.15, -0.1) is 0 Å². The number of nitrogens with one attached hydrogen (secondary N) is 1. The molecule has 2 atom stereocenters. The lowest BCUT2D eigenvalue weighted by molar-refractivity contribution is -0.142. The number of carbonyl (C=O) groups excluding carboxylic acids is 1. The van der Waals surface area contributed by atoms with Crippen LogP contribution in [0.25, 0.3) is 0 Å². The average molecular weight is 292 g/mol. The van der Waals surface area contributed by atoms with Crippen molar-refractivity contribution in [3.63, 3.8) is 0 Å². The summed E-state index contributed by atoms with van der Waals surface area (Å²) < 4.78 is 31.2. The minimum atomic E-state index is -3.44. The highest BCUT2D eigenvalue weighted by Gasteiger charge is 2.28. The van der Waals surface area contributed by atoms with Crippen LogP contribution in [0.4, 0.5) is 0 Å². The molecule has 0 saturated heterocycles. The molecule has 0 spiro atoms. The molecule has 1 rings (SSSR count). The second kappa shape index (κ2) is 7.81. The van der Waals surface area contributed by atoms with Crippen molar-refractivity contribution in [2.24, 2.45) is 11.7 Å². The van der Waals surface area contributed by atoms with Crippen molar-refractivity contribution in [1.29, 1.82) is 0 Å². The van der Waals surface area contributed by atoms with E-state index in [-0.39, 0.29) is 30.7 Å². The van der Waals surface area contributed by atoms with Crippen LogP contribution in [-0.4, -0.2) is 39.3 Å². The molecular weight excluding hydrogens is 268 g/mol. The molecule has 0 aromatic carbocycles. The van der Waals surface area contributed by atoms with Crippen molar-refractivity contribution in [2.45, 2.75) is 45.1 Å². The van der Waals surface area contributed by atoms with E-state index < -0.39 is 16.0 Å². The first-order chi connectivity index (χ1) is 8.98. The van der Waals surface area contributed by atoms with E-state index in [1.807, 2.05) is 0 Å². The highest BCUT2D eigenvalue weighted by atomic mass is 32.2. The molecule has 1 aliphatic rings. The maximum Gasteiger partial charge on any atom is 0.306 e. The zero-order valence-corrected chi connectivity index (χ0v) is 12.2. The van der Waals surface area contributed by atoms with E-state index >= 15 is 0 Å². The van der Waals surface area contributed by atoms with Crippen molar-refractivity contribution in [2.75, 3.05) is 18.9 Å². The van der Waals surface area contributed by atoms with Gasteiger partial charge in [0.1, 0.15) is 0 Å². The number of carbonyl (C=O) groups is 1. The van der Waals surface area contributed by atoms with Crippen LogP contribution in [0, 0.1) is 5.92 Å². The Balaban J connectivity index is 2.46. The SMILES string of the molecule is CCOC(=O)CCS(=O)(=O)NC1CCCCC1CN. The molecule has 6 nitrogen and oxygen atoms in total. The maximum absolute atomic E-state index is 11.9. The fourth-order valence-electron chi connectivity index (χ4n) is 2.39. The van der Waals surface area contributed by atoms with E-state index in [9.17, 15) is 13.2 Å². The predicted molar refractivity (Wildman–Crippen MR) is 73.0 cm³/mol. The minimum Gasteiger partial charge on any atom is -0.466 e. The third kappa shape index (κ3) is 5.88. The summed E-state index contributed by atoms with van der Waals surface area (Å²) >= 11 is 0. The minimum absolute atomic E-state index is 0.0917. The van der Waals surface area contributed by atoms with Gasteiger partial charge in [-0.1, -0.05) is 12.8 Å². The van der Waals surface area contributed by atoms with Crippen LogP contribution in [0.2, 0.25) is 0 Å². The molecule has 19 heavy (non-hydrogen) atoms. The molecule has 3 N–H and O–H groups in total. The second-order valence-electron chi connectivity index (χ2n) is 4.88. The van der Waals surface area contributed by atoms with Crippen LogP contribution in [0.3, 0.4) is 0 Å². The van der Waals surface area contributed by atoms with Gasteiger partial charge in [0.25, 0.3) is 0 Å². The molecule has 0 bridgehead atoms. The summed E-state index contributed by atoms with van der Waals surface area (Å²) in [6, 6.07) is -0.0917. The Bertz CT molecular complexity index is 383. The Morgan fingerprint density at radius 2 is 2.05 bits per heavy atom. The molecule has 1 aliphatic carbocycles. The normalized spacial score (nSPS) is 24.1. The van der Waals surface area contributed by atoms with E-state index in [4.69, 9.17) is 10.5 Å².